The number of carbonyl (C=O) groups excluding carboxylic acids is 2. The number of likely N-dealkylation sites (tertiary alicyclic amines) is 1. The predicted molar refractivity (Wildman–Crippen MR) is 118 cm³/mol. The quantitative estimate of drug-likeness (QED) is 0.657. The maximum atomic E-state index is 13.4. The van der Waals surface area contributed by atoms with Gasteiger partial charge in [0.2, 0.25) is 5.91 Å². The van der Waals surface area contributed by atoms with Gasteiger partial charge in [0.25, 0.3) is 5.91 Å². The summed E-state index contributed by atoms with van der Waals surface area (Å²) < 4.78 is 15.6. The lowest BCUT2D eigenvalue weighted by Gasteiger charge is -2.37. The fourth-order valence-corrected chi connectivity index (χ4v) is 3.99. The molecule has 0 spiro atoms. The van der Waals surface area contributed by atoms with Crippen LogP contribution in [0, 0.1) is 5.92 Å². The fraction of sp³-hybridized carbons (Fsp3) is 0.417. The van der Waals surface area contributed by atoms with Gasteiger partial charge in [-0.3, -0.25) is 9.59 Å². The number of piperidine rings is 1. The molecule has 2 aromatic rings. The van der Waals surface area contributed by atoms with Crippen LogP contribution in [0.4, 0.5) is 0 Å². The third-order valence-electron chi connectivity index (χ3n) is 5.62. The van der Waals surface area contributed by atoms with E-state index in [-0.39, 0.29) is 23.7 Å². The molecule has 0 bridgehead atoms. The molecule has 1 heterocycles. The number of ether oxygens (including phenoxy) is 3. The number of methoxy groups -OCH3 is 3. The van der Waals surface area contributed by atoms with E-state index in [1.165, 1.54) is 0 Å². The highest BCUT2D eigenvalue weighted by molar-refractivity contribution is 5.95. The van der Waals surface area contributed by atoms with Gasteiger partial charge in [-0.25, -0.2) is 0 Å². The Bertz CT molecular complexity index is 887. The highest BCUT2D eigenvalue weighted by Crippen LogP contribution is 2.33. The summed E-state index contributed by atoms with van der Waals surface area (Å²) in [6, 6.07) is 15.2. The molecular formula is C24H30N2O5. The van der Waals surface area contributed by atoms with E-state index in [2.05, 4.69) is 17.4 Å². The molecule has 3 rings (SSSR count). The third kappa shape index (κ3) is 5.55. The van der Waals surface area contributed by atoms with Gasteiger partial charge in [0.05, 0.1) is 26.7 Å². The van der Waals surface area contributed by atoms with E-state index in [0.29, 0.717) is 49.7 Å². The Morgan fingerprint density at radius 1 is 1.00 bits per heavy atom. The van der Waals surface area contributed by atoms with E-state index in [4.69, 9.17) is 14.2 Å². The Balaban J connectivity index is 1.83. The maximum Gasteiger partial charge on any atom is 0.254 e. The van der Waals surface area contributed by atoms with Gasteiger partial charge >= 0.3 is 0 Å². The van der Waals surface area contributed by atoms with E-state index in [1.807, 2.05) is 18.2 Å². The summed E-state index contributed by atoms with van der Waals surface area (Å²) in [4.78, 5) is 27.9. The largest absolute Gasteiger partial charge is 0.493 e. The number of amides is 2. The molecule has 1 saturated heterocycles. The molecule has 1 fully saturated rings. The smallest absolute Gasteiger partial charge is 0.254 e. The lowest BCUT2D eigenvalue weighted by molar-refractivity contribution is -0.126. The Hall–Kier alpha value is -3.06. The van der Waals surface area contributed by atoms with Crippen molar-refractivity contribution in [2.75, 3.05) is 47.6 Å². The SMILES string of the molecule is COCCNC(=O)[C@H]1C[C@@H](c2ccccc2)CN(C(=O)c2ccc(OC)c(OC)c2)C1. The minimum Gasteiger partial charge on any atom is -0.493 e. The van der Waals surface area contributed by atoms with Crippen molar-refractivity contribution in [2.45, 2.75) is 12.3 Å². The van der Waals surface area contributed by atoms with Crippen LogP contribution in [0.25, 0.3) is 0 Å². The van der Waals surface area contributed by atoms with Gasteiger partial charge in [-0.15, -0.1) is 0 Å². The number of hydrogen-bond acceptors (Lipinski definition) is 5. The number of nitrogens with zero attached hydrogens (tertiary/aromatic N) is 1. The fourth-order valence-electron chi connectivity index (χ4n) is 3.99. The summed E-state index contributed by atoms with van der Waals surface area (Å²) in [7, 11) is 4.70. The van der Waals surface area contributed by atoms with E-state index < -0.39 is 0 Å². The molecular weight excluding hydrogens is 396 g/mol. The van der Waals surface area contributed by atoms with E-state index >= 15 is 0 Å². The van der Waals surface area contributed by atoms with Gasteiger partial charge in [0.1, 0.15) is 0 Å². The van der Waals surface area contributed by atoms with E-state index in [9.17, 15) is 9.59 Å². The molecule has 1 N–H and O–H groups in total. The highest BCUT2D eigenvalue weighted by atomic mass is 16.5. The third-order valence-corrected chi connectivity index (χ3v) is 5.62. The van der Waals surface area contributed by atoms with Crippen LogP contribution in [0.2, 0.25) is 0 Å². The molecule has 0 aliphatic carbocycles. The van der Waals surface area contributed by atoms with Gasteiger partial charge in [0.15, 0.2) is 11.5 Å². The molecule has 0 aromatic heterocycles. The molecule has 2 amide bonds. The molecule has 7 nitrogen and oxygen atoms in total. The molecule has 31 heavy (non-hydrogen) atoms. The first-order valence-electron chi connectivity index (χ1n) is 10.4. The summed E-state index contributed by atoms with van der Waals surface area (Å²) in [6.45, 7) is 1.83. The number of benzene rings is 2. The zero-order valence-electron chi connectivity index (χ0n) is 18.3. The van der Waals surface area contributed by atoms with Gasteiger partial charge in [-0.2, -0.15) is 0 Å². The van der Waals surface area contributed by atoms with Crippen LogP contribution < -0.4 is 14.8 Å². The van der Waals surface area contributed by atoms with Crippen molar-refractivity contribution in [1.82, 2.24) is 10.2 Å². The van der Waals surface area contributed by atoms with Gasteiger partial charge < -0.3 is 24.4 Å². The first-order valence-corrected chi connectivity index (χ1v) is 10.4. The van der Waals surface area contributed by atoms with Crippen LogP contribution in [-0.4, -0.2) is 64.3 Å². The lowest BCUT2D eigenvalue weighted by Crippen LogP contribution is -2.48. The van der Waals surface area contributed by atoms with Crippen LogP contribution in [0.1, 0.15) is 28.3 Å². The van der Waals surface area contributed by atoms with Gasteiger partial charge in [-0.05, 0) is 30.2 Å². The number of nitrogens with one attached hydrogen (secondary N) is 1. The topological polar surface area (TPSA) is 77.1 Å². The normalized spacial score (nSPS) is 18.4. The second-order valence-corrected chi connectivity index (χ2v) is 7.60. The van der Waals surface area contributed by atoms with Crippen molar-refractivity contribution in [3.05, 3.63) is 59.7 Å². The first-order chi connectivity index (χ1) is 15.1. The van der Waals surface area contributed by atoms with Crippen LogP contribution in [0.15, 0.2) is 48.5 Å². The second kappa shape index (κ2) is 10.8. The molecule has 1 aliphatic heterocycles. The Morgan fingerprint density at radius 2 is 1.74 bits per heavy atom. The second-order valence-electron chi connectivity index (χ2n) is 7.60. The summed E-state index contributed by atoms with van der Waals surface area (Å²) in [5.74, 6) is 0.672. The zero-order valence-corrected chi connectivity index (χ0v) is 18.3. The summed E-state index contributed by atoms with van der Waals surface area (Å²) in [5, 5.41) is 2.92. The molecule has 0 unspecified atom stereocenters. The molecule has 2 aromatic carbocycles. The average molecular weight is 427 g/mol. The first kappa shape index (κ1) is 22.6. The average Bonchev–Trinajstić information content (AvgIpc) is 2.83. The number of hydrogen-bond donors (Lipinski definition) is 1. The molecule has 7 heteroatoms. The van der Waals surface area contributed by atoms with Gasteiger partial charge in [-0.1, -0.05) is 30.3 Å². The van der Waals surface area contributed by atoms with Gasteiger partial charge in [0, 0.05) is 38.2 Å². The zero-order chi connectivity index (χ0) is 22.2. The molecule has 0 saturated carbocycles. The van der Waals surface area contributed by atoms with Crippen LogP contribution in [0.3, 0.4) is 0 Å². The Kier molecular flexibility index (Phi) is 7.89. The van der Waals surface area contributed by atoms with Crippen molar-refractivity contribution in [1.29, 1.82) is 0 Å². The Morgan fingerprint density at radius 3 is 2.42 bits per heavy atom. The Labute approximate surface area is 183 Å². The molecule has 166 valence electrons. The highest BCUT2D eigenvalue weighted by Gasteiger charge is 2.35. The summed E-state index contributed by atoms with van der Waals surface area (Å²) in [6.07, 6.45) is 0.693. The number of carbonyl (C=O) groups is 2. The molecule has 2 atom stereocenters. The lowest BCUT2D eigenvalue weighted by atomic mass is 9.83. The summed E-state index contributed by atoms with van der Waals surface area (Å²) >= 11 is 0. The predicted octanol–water partition coefficient (Wildman–Crippen LogP) is 2.71. The number of rotatable bonds is 8. The minimum atomic E-state index is -0.292. The minimum absolute atomic E-state index is 0.0530. The van der Waals surface area contributed by atoms with Crippen LogP contribution in [-0.2, 0) is 9.53 Å². The molecule has 1 aliphatic rings. The van der Waals surface area contributed by atoms with Crippen molar-refractivity contribution >= 4 is 11.8 Å². The van der Waals surface area contributed by atoms with Crippen molar-refractivity contribution < 1.29 is 23.8 Å². The van der Waals surface area contributed by atoms with Crippen LogP contribution in [0.5, 0.6) is 11.5 Å². The monoisotopic (exact) mass is 426 g/mol. The van der Waals surface area contributed by atoms with Crippen molar-refractivity contribution in [3.63, 3.8) is 0 Å². The standard InChI is InChI=1S/C24H30N2O5/c1-29-12-11-25-23(27)20-13-19(17-7-5-4-6-8-17)15-26(16-20)24(28)18-9-10-21(30-2)22(14-18)31-3/h4-10,14,19-20H,11-13,15-16H2,1-3H3,(H,25,27)/t19-,20+/m1/s1. The van der Waals surface area contributed by atoms with Crippen LogP contribution >= 0.6 is 0 Å². The van der Waals surface area contributed by atoms with E-state index in [1.54, 1.807) is 44.4 Å². The molecule has 0 radical (unpaired) electrons. The summed E-state index contributed by atoms with van der Waals surface area (Å²) in [5.41, 5.74) is 1.63. The maximum absolute atomic E-state index is 13.4. The van der Waals surface area contributed by atoms with Crippen molar-refractivity contribution in [2.24, 2.45) is 5.92 Å². The van der Waals surface area contributed by atoms with Crippen molar-refractivity contribution in [3.8, 4) is 11.5 Å². The van der Waals surface area contributed by atoms with E-state index in [0.717, 1.165) is 5.56 Å².